The van der Waals surface area contributed by atoms with E-state index >= 15 is 0 Å². The number of para-hydroxylation sites is 2. The quantitative estimate of drug-likeness (QED) is 0.671. The molecule has 0 radical (unpaired) electrons. The molecular formula is C23H27N5O3. The lowest BCUT2D eigenvalue weighted by Crippen LogP contribution is -2.50. The Balaban J connectivity index is 1.34. The van der Waals surface area contributed by atoms with Gasteiger partial charge in [-0.15, -0.1) is 0 Å². The van der Waals surface area contributed by atoms with Gasteiger partial charge < -0.3 is 19.5 Å². The Morgan fingerprint density at radius 2 is 1.81 bits per heavy atom. The predicted molar refractivity (Wildman–Crippen MR) is 118 cm³/mol. The van der Waals surface area contributed by atoms with Crippen LogP contribution in [-0.2, 0) is 0 Å². The number of anilines is 1. The molecule has 8 nitrogen and oxygen atoms in total. The summed E-state index contributed by atoms with van der Waals surface area (Å²) in [4.78, 5) is 21.3. The molecule has 1 fully saturated rings. The summed E-state index contributed by atoms with van der Waals surface area (Å²) in [6.45, 7) is 6.78. The normalized spacial score (nSPS) is 15.5. The lowest BCUT2D eigenvalue weighted by Gasteiger charge is -2.36. The van der Waals surface area contributed by atoms with Crippen LogP contribution in [-0.4, -0.2) is 59.3 Å². The maximum atomic E-state index is 12.7. The average Bonchev–Trinajstić information content (AvgIpc) is 3.30. The maximum absolute atomic E-state index is 12.7. The van der Waals surface area contributed by atoms with Crippen LogP contribution in [0.5, 0.6) is 5.75 Å². The Kier molecular flexibility index (Phi) is 6.18. The molecule has 1 N–H and O–H groups in total. The number of amides is 2. The summed E-state index contributed by atoms with van der Waals surface area (Å²) < 4.78 is 10.8. The van der Waals surface area contributed by atoms with E-state index in [1.807, 2.05) is 55.5 Å². The number of aryl methyl sites for hydroxylation is 1. The summed E-state index contributed by atoms with van der Waals surface area (Å²) in [7, 11) is 1.59. The number of urea groups is 1. The summed E-state index contributed by atoms with van der Waals surface area (Å²) in [6.07, 6.45) is 0. The van der Waals surface area contributed by atoms with Crippen molar-refractivity contribution in [3.05, 3.63) is 60.0 Å². The van der Waals surface area contributed by atoms with Crippen molar-refractivity contribution in [3.63, 3.8) is 0 Å². The number of benzene rings is 2. The van der Waals surface area contributed by atoms with E-state index in [0.29, 0.717) is 36.2 Å². The highest BCUT2D eigenvalue weighted by molar-refractivity contribution is 5.91. The number of piperazine rings is 1. The molecule has 0 spiro atoms. The standard InChI is InChI=1S/C23H27N5O3/c1-16-8-10-18(11-9-16)21-25-22(31-26-21)17(2)27-12-14-28(15-13-27)23(29)24-19-6-4-5-7-20(19)30-3/h4-11,17H,12-15H2,1-3H3,(H,24,29)/t17-/m0/s1. The molecule has 2 heterocycles. The van der Waals surface area contributed by atoms with E-state index in [0.717, 1.165) is 18.7 Å². The minimum Gasteiger partial charge on any atom is -0.495 e. The highest BCUT2D eigenvalue weighted by Crippen LogP contribution is 2.25. The van der Waals surface area contributed by atoms with Gasteiger partial charge in [-0.05, 0) is 26.0 Å². The third kappa shape index (κ3) is 4.69. The molecule has 162 valence electrons. The fourth-order valence-corrected chi connectivity index (χ4v) is 3.64. The lowest BCUT2D eigenvalue weighted by atomic mass is 10.1. The number of nitrogens with one attached hydrogen (secondary N) is 1. The zero-order chi connectivity index (χ0) is 21.8. The van der Waals surface area contributed by atoms with E-state index in [-0.39, 0.29) is 12.1 Å². The number of nitrogens with zero attached hydrogens (tertiary/aromatic N) is 4. The minimum absolute atomic E-state index is 0.0221. The largest absolute Gasteiger partial charge is 0.495 e. The number of carbonyl (C=O) groups is 1. The third-order valence-corrected chi connectivity index (χ3v) is 5.61. The van der Waals surface area contributed by atoms with Crippen LogP contribution in [0.4, 0.5) is 10.5 Å². The van der Waals surface area contributed by atoms with E-state index in [1.165, 1.54) is 5.56 Å². The van der Waals surface area contributed by atoms with Crippen molar-refractivity contribution in [2.24, 2.45) is 0 Å². The van der Waals surface area contributed by atoms with Crippen LogP contribution in [0, 0.1) is 6.92 Å². The van der Waals surface area contributed by atoms with Gasteiger partial charge in [-0.3, -0.25) is 4.90 Å². The molecule has 1 aliphatic rings. The smallest absolute Gasteiger partial charge is 0.322 e. The average molecular weight is 422 g/mol. The van der Waals surface area contributed by atoms with Crippen LogP contribution >= 0.6 is 0 Å². The van der Waals surface area contributed by atoms with Crippen molar-refractivity contribution in [1.82, 2.24) is 19.9 Å². The second-order valence-electron chi connectivity index (χ2n) is 7.65. The third-order valence-electron chi connectivity index (χ3n) is 5.61. The van der Waals surface area contributed by atoms with Gasteiger partial charge in [-0.25, -0.2) is 4.79 Å². The number of methoxy groups -OCH3 is 1. The molecule has 1 saturated heterocycles. The van der Waals surface area contributed by atoms with Crippen LogP contribution in [0.2, 0.25) is 0 Å². The second-order valence-corrected chi connectivity index (χ2v) is 7.65. The zero-order valence-electron chi connectivity index (χ0n) is 18.0. The summed E-state index contributed by atoms with van der Waals surface area (Å²) in [6, 6.07) is 15.3. The summed E-state index contributed by atoms with van der Waals surface area (Å²) >= 11 is 0. The Morgan fingerprint density at radius 3 is 2.52 bits per heavy atom. The van der Waals surface area contributed by atoms with Crippen LogP contribution in [0.1, 0.15) is 24.4 Å². The topological polar surface area (TPSA) is 83.7 Å². The monoisotopic (exact) mass is 421 g/mol. The Labute approximate surface area is 181 Å². The van der Waals surface area contributed by atoms with Gasteiger partial charge in [0.1, 0.15) is 5.75 Å². The van der Waals surface area contributed by atoms with Gasteiger partial charge in [-0.1, -0.05) is 47.1 Å². The van der Waals surface area contributed by atoms with Gasteiger partial charge in [-0.2, -0.15) is 4.98 Å². The van der Waals surface area contributed by atoms with Crippen molar-refractivity contribution in [3.8, 4) is 17.1 Å². The Bertz CT molecular complexity index is 1030. The van der Waals surface area contributed by atoms with E-state index in [1.54, 1.807) is 12.0 Å². The number of rotatable bonds is 5. The molecule has 2 amide bonds. The molecular weight excluding hydrogens is 394 g/mol. The Morgan fingerprint density at radius 1 is 1.10 bits per heavy atom. The molecule has 8 heteroatoms. The first kappa shape index (κ1) is 20.9. The van der Waals surface area contributed by atoms with Crippen LogP contribution < -0.4 is 10.1 Å². The Hall–Kier alpha value is -3.39. The minimum atomic E-state index is -0.128. The SMILES string of the molecule is COc1ccccc1NC(=O)N1CCN([C@@H](C)c2nc(-c3ccc(C)cc3)no2)CC1. The van der Waals surface area contributed by atoms with E-state index in [4.69, 9.17) is 9.26 Å². The van der Waals surface area contributed by atoms with Crippen molar-refractivity contribution < 1.29 is 14.1 Å². The lowest BCUT2D eigenvalue weighted by molar-refractivity contribution is 0.104. The van der Waals surface area contributed by atoms with Crippen molar-refractivity contribution in [2.75, 3.05) is 38.6 Å². The highest BCUT2D eigenvalue weighted by atomic mass is 16.5. The van der Waals surface area contributed by atoms with Crippen molar-refractivity contribution in [1.29, 1.82) is 0 Å². The number of ether oxygens (including phenoxy) is 1. The molecule has 31 heavy (non-hydrogen) atoms. The first-order valence-corrected chi connectivity index (χ1v) is 10.4. The van der Waals surface area contributed by atoms with Crippen LogP contribution in [0.3, 0.4) is 0 Å². The summed E-state index contributed by atoms with van der Waals surface area (Å²) in [5.41, 5.74) is 2.79. The second kappa shape index (κ2) is 9.18. The zero-order valence-corrected chi connectivity index (χ0v) is 18.0. The first-order valence-electron chi connectivity index (χ1n) is 10.4. The first-order chi connectivity index (χ1) is 15.0. The van der Waals surface area contributed by atoms with E-state index < -0.39 is 0 Å². The molecule has 4 rings (SSSR count). The van der Waals surface area contributed by atoms with Gasteiger partial charge in [0.2, 0.25) is 11.7 Å². The molecule has 1 atom stereocenters. The van der Waals surface area contributed by atoms with E-state index in [9.17, 15) is 4.79 Å². The number of hydrogen-bond donors (Lipinski definition) is 1. The summed E-state index contributed by atoms with van der Waals surface area (Å²) in [5, 5.41) is 7.07. The number of hydrogen-bond acceptors (Lipinski definition) is 6. The van der Waals surface area contributed by atoms with Gasteiger partial charge in [0, 0.05) is 31.7 Å². The van der Waals surface area contributed by atoms with Gasteiger partial charge in [0.15, 0.2) is 0 Å². The molecule has 0 saturated carbocycles. The van der Waals surface area contributed by atoms with Crippen molar-refractivity contribution in [2.45, 2.75) is 19.9 Å². The van der Waals surface area contributed by atoms with Crippen molar-refractivity contribution >= 4 is 11.7 Å². The number of aromatic nitrogens is 2. The molecule has 0 unspecified atom stereocenters. The molecule has 3 aromatic rings. The maximum Gasteiger partial charge on any atom is 0.322 e. The molecule has 0 aliphatic carbocycles. The van der Waals surface area contributed by atoms with Gasteiger partial charge in [0.05, 0.1) is 18.8 Å². The van der Waals surface area contributed by atoms with Crippen LogP contribution in [0.25, 0.3) is 11.4 Å². The summed E-state index contributed by atoms with van der Waals surface area (Å²) in [5.74, 6) is 1.82. The molecule has 0 bridgehead atoms. The number of carbonyl (C=O) groups excluding carboxylic acids is 1. The van der Waals surface area contributed by atoms with Gasteiger partial charge >= 0.3 is 6.03 Å². The highest BCUT2D eigenvalue weighted by Gasteiger charge is 2.28. The molecule has 1 aliphatic heterocycles. The van der Waals surface area contributed by atoms with E-state index in [2.05, 4.69) is 27.3 Å². The fourth-order valence-electron chi connectivity index (χ4n) is 3.64. The molecule has 2 aromatic carbocycles. The van der Waals surface area contributed by atoms with Gasteiger partial charge in [0.25, 0.3) is 0 Å². The molecule has 1 aromatic heterocycles. The fraction of sp³-hybridized carbons (Fsp3) is 0.348. The van der Waals surface area contributed by atoms with Crippen LogP contribution in [0.15, 0.2) is 53.1 Å². The predicted octanol–water partition coefficient (Wildman–Crippen LogP) is 3.96.